The van der Waals surface area contributed by atoms with E-state index in [9.17, 15) is 18.0 Å². The lowest BCUT2D eigenvalue weighted by Gasteiger charge is -2.26. The van der Waals surface area contributed by atoms with Crippen LogP contribution in [0.25, 0.3) is 16.7 Å². The monoisotopic (exact) mass is 645 g/mol. The predicted molar refractivity (Wildman–Crippen MR) is 162 cm³/mol. The molecule has 0 aliphatic carbocycles. The largest absolute Gasteiger partial charge is 0.464 e. The van der Waals surface area contributed by atoms with Crippen molar-refractivity contribution < 1.29 is 27.5 Å². The summed E-state index contributed by atoms with van der Waals surface area (Å²) in [6, 6.07) is 10.7. The van der Waals surface area contributed by atoms with Gasteiger partial charge in [0.25, 0.3) is 15.9 Å². The van der Waals surface area contributed by atoms with E-state index in [2.05, 4.69) is 9.97 Å². The number of anilines is 1. The van der Waals surface area contributed by atoms with Crippen LogP contribution in [0, 0.1) is 0 Å². The molecular formula is C29H29Cl2N5O6S. The summed E-state index contributed by atoms with van der Waals surface area (Å²) in [6.07, 6.45) is 6.18. The van der Waals surface area contributed by atoms with Gasteiger partial charge in [-0.3, -0.25) is 18.5 Å². The number of sulfonamides is 1. The number of hydrogen-bond donors (Lipinski definition) is 0. The number of ether oxygens (including phenoxy) is 2. The topological polar surface area (TPSA) is 124 Å². The minimum absolute atomic E-state index is 0.142. The molecule has 1 saturated heterocycles. The molecule has 0 bridgehead atoms. The van der Waals surface area contributed by atoms with Crippen molar-refractivity contribution >= 4 is 61.7 Å². The lowest BCUT2D eigenvalue weighted by Crippen LogP contribution is -2.41. The number of amides is 1. The standard InChI is InChI=1S/C29H29Cl2N5O6S/c1-2-3-10-42-28(37)19-36(43(39,40)24-15-21(30)14-22(31)16-24)23-4-5-26-20(13-23)6-7-35(26)27-18-32-25(17-33-27)29(38)34-8-11-41-12-9-34/h4-7,13-18H,2-3,8-12,19H2,1H3. The quantitative estimate of drug-likeness (QED) is 0.179. The first-order valence-corrected chi connectivity index (χ1v) is 15.8. The van der Waals surface area contributed by atoms with Crippen LogP contribution in [-0.2, 0) is 24.3 Å². The van der Waals surface area contributed by atoms with Gasteiger partial charge in [0.2, 0.25) is 0 Å². The lowest BCUT2D eigenvalue weighted by atomic mass is 10.2. The first-order valence-electron chi connectivity index (χ1n) is 13.6. The predicted octanol–water partition coefficient (Wildman–Crippen LogP) is 4.74. The number of benzene rings is 2. The van der Waals surface area contributed by atoms with E-state index in [1.807, 2.05) is 6.92 Å². The minimum atomic E-state index is -4.27. The fraction of sp³-hybridized carbons (Fsp3) is 0.310. The molecule has 1 fully saturated rings. The van der Waals surface area contributed by atoms with Crippen LogP contribution in [0.5, 0.6) is 0 Å². The van der Waals surface area contributed by atoms with E-state index in [0.717, 1.165) is 10.7 Å². The number of fused-ring (bicyclic) bond motifs is 1. The van der Waals surface area contributed by atoms with Crippen molar-refractivity contribution in [3.8, 4) is 5.82 Å². The van der Waals surface area contributed by atoms with E-state index >= 15 is 0 Å². The molecule has 0 N–H and O–H groups in total. The van der Waals surface area contributed by atoms with Crippen LogP contribution in [-0.4, -0.2) is 79.2 Å². The van der Waals surface area contributed by atoms with E-state index in [-0.39, 0.29) is 38.8 Å². The third kappa shape index (κ3) is 6.93. The van der Waals surface area contributed by atoms with Crippen LogP contribution >= 0.6 is 23.2 Å². The Labute approximate surface area is 259 Å². The molecule has 1 aliphatic heterocycles. The van der Waals surface area contributed by atoms with Gasteiger partial charge in [-0.2, -0.15) is 0 Å². The summed E-state index contributed by atoms with van der Waals surface area (Å²) < 4.78 is 40.9. The number of hydrogen-bond acceptors (Lipinski definition) is 8. The van der Waals surface area contributed by atoms with E-state index in [0.29, 0.717) is 49.4 Å². The first kappa shape index (κ1) is 30.7. The highest BCUT2D eigenvalue weighted by Gasteiger charge is 2.29. The Bertz CT molecular complexity index is 1720. The summed E-state index contributed by atoms with van der Waals surface area (Å²) in [5.74, 6) is -0.427. The molecule has 1 amide bonds. The van der Waals surface area contributed by atoms with Crippen LogP contribution in [0.2, 0.25) is 10.0 Å². The molecule has 4 aromatic rings. The summed E-state index contributed by atoms with van der Waals surface area (Å²) in [7, 11) is -4.27. The zero-order valence-electron chi connectivity index (χ0n) is 23.3. The number of morpholine rings is 1. The van der Waals surface area contributed by atoms with Gasteiger partial charge in [-0.1, -0.05) is 36.5 Å². The highest BCUT2D eigenvalue weighted by Crippen LogP contribution is 2.31. The van der Waals surface area contributed by atoms with Crippen molar-refractivity contribution in [3.63, 3.8) is 0 Å². The van der Waals surface area contributed by atoms with Crippen LogP contribution in [0.15, 0.2) is 66.0 Å². The molecule has 1 aliphatic rings. The summed E-state index contributed by atoms with van der Waals surface area (Å²) in [5.41, 5.74) is 1.18. The Balaban J connectivity index is 1.45. The highest BCUT2D eigenvalue weighted by atomic mass is 35.5. The van der Waals surface area contributed by atoms with Crippen molar-refractivity contribution in [2.24, 2.45) is 0 Å². The van der Waals surface area contributed by atoms with Crippen molar-refractivity contribution in [2.45, 2.75) is 24.7 Å². The number of esters is 1. The highest BCUT2D eigenvalue weighted by molar-refractivity contribution is 7.92. The summed E-state index contributed by atoms with van der Waals surface area (Å²) >= 11 is 12.2. The van der Waals surface area contributed by atoms with E-state index < -0.39 is 22.5 Å². The SMILES string of the molecule is CCCCOC(=O)CN(c1ccc2c(ccn2-c2cnc(C(=O)N3CCOCC3)cn2)c1)S(=O)(=O)c1cc(Cl)cc(Cl)c1. The van der Waals surface area contributed by atoms with Crippen LogP contribution in [0.1, 0.15) is 30.3 Å². The minimum Gasteiger partial charge on any atom is -0.464 e. The first-order chi connectivity index (χ1) is 20.7. The average molecular weight is 647 g/mol. The van der Waals surface area contributed by atoms with Crippen molar-refractivity contribution in [1.82, 2.24) is 19.4 Å². The molecule has 226 valence electrons. The zero-order chi connectivity index (χ0) is 30.6. The Hall–Kier alpha value is -3.71. The van der Waals surface area contributed by atoms with Crippen LogP contribution in [0.3, 0.4) is 0 Å². The Morgan fingerprint density at radius 2 is 1.77 bits per heavy atom. The molecule has 5 rings (SSSR count). The van der Waals surface area contributed by atoms with Gasteiger partial charge < -0.3 is 14.4 Å². The van der Waals surface area contributed by atoms with Crippen molar-refractivity contribution in [2.75, 3.05) is 43.8 Å². The molecular weight excluding hydrogens is 617 g/mol. The Morgan fingerprint density at radius 3 is 2.44 bits per heavy atom. The number of halogens is 2. The van der Waals surface area contributed by atoms with Crippen molar-refractivity contribution in [3.05, 3.63) is 76.8 Å². The zero-order valence-corrected chi connectivity index (χ0v) is 25.6. The van der Waals surface area contributed by atoms with Gasteiger partial charge >= 0.3 is 5.97 Å². The van der Waals surface area contributed by atoms with Gasteiger partial charge in [0.1, 0.15) is 12.2 Å². The van der Waals surface area contributed by atoms with Gasteiger partial charge in [0, 0.05) is 34.7 Å². The molecule has 0 spiro atoms. The van der Waals surface area contributed by atoms with Gasteiger partial charge in [0.05, 0.1) is 48.3 Å². The van der Waals surface area contributed by atoms with Gasteiger partial charge in [-0.05, 0) is 48.9 Å². The van der Waals surface area contributed by atoms with Gasteiger partial charge in [0.15, 0.2) is 5.82 Å². The molecule has 2 aromatic heterocycles. The molecule has 43 heavy (non-hydrogen) atoms. The number of rotatable bonds is 10. The van der Waals surface area contributed by atoms with E-state index in [1.54, 1.807) is 39.9 Å². The second-order valence-electron chi connectivity index (χ2n) is 9.78. The molecule has 3 heterocycles. The molecule has 0 unspecified atom stereocenters. The third-order valence-corrected chi connectivity index (χ3v) is 9.01. The smallest absolute Gasteiger partial charge is 0.326 e. The number of aromatic nitrogens is 3. The molecule has 2 aromatic carbocycles. The van der Waals surface area contributed by atoms with Crippen LogP contribution in [0.4, 0.5) is 5.69 Å². The number of carbonyl (C=O) groups is 2. The normalized spacial score (nSPS) is 13.7. The fourth-order valence-corrected chi connectivity index (χ4v) is 6.71. The maximum Gasteiger partial charge on any atom is 0.326 e. The van der Waals surface area contributed by atoms with Gasteiger partial charge in [-0.25, -0.2) is 18.4 Å². The summed E-state index contributed by atoms with van der Waals surface area (Å²) in [5, 5.41) is 0.960. The van der Waals surface area contributed by atoms with Gasteiger partial charge in [-0.15, -0.1) is 0 Å². The maximum atomic E-state index is 13.8. The summed E-state index contributed by atoms with van der Waals surface area (Å²) in [6.45, 7) is 3.57. The maximum absolute atomic E-state index is 13.8. The molecule has 0 radical (unpaired) electrons. The molecule has 0 atom stereocenters. The Morgan fingerprint density at radius 1 is 1.02 bits per heavy atom. The second-order valence-corrected chi connectivity index (χ2v) is 12.5. The average Bonchev–Trinajstić information content (AvgIpc) is 3.43. The Kier molecular flexibility index (Phi) is 9.50. The molecule has 11 nitrogen and oxygen atoms in total. The second kappa shape index (κ2) is 13.3. The van der Waals surface area contributed by atoms with E-state index in [1.165, 1.54) is 30.6 Å². The number of carbonyl (C=O) groups excluding carboxylic acids is 2. The number of nitrogens with zero attached hydrogens (tertiary/aromatic N) is 5. The summed E-state index contributed by atoms with van der Waals surface area (Å²) in [4.78, 5) is 35.7. The lowest BCUT2D eigenvalue weighted by molar-refractivity contribution is -0.141. The number of unbranched alkanes of at least 4 members (excludes halogenated alkanes) is 1. The van der Waals surface area contributed by atoms with Crippen LogP contribution < -0.4 is 4.31 Å². The fourth-order valence-electron chi connectivity index (χ4n) is 4.58. The third-order valence-electron chi connectivity index (χ3n) is 6.82. The van der Waals surface area contributed by atoms with E-state index in [4.69, 9.17) is 32.7 Å². The molecule has 0 saturated carbocycles. The molecule has 14 heteroatoms. The van der Waals surface area contributed by atoms with Crippen molar-refractivity contribution in [1.29, 1.82) is 0 Å².